The topological polar surface area (TPSA) is 28.0 Å². The second-order valence-corrected chi connectivity index (χ2v) is 16.2. The molecule has 6 aliphatic rings. The Balaban J connectivity index is 1.28. The highest BCUT2D eigenvalue weighted by atomic mass is 15.3. The van der Waals surface area contributed by atoms with E-state index >= 15 is 0 Å². The second-order valence-electron chi connectivity index (χ2n) is 16.2. The average Bonchev–Trinajstić information content (AvgIpc) is 3.48. The molecule has 0 N–H and O–H groups in total. The highest BCUT2D eigenvalue weighted by Gasteiger charge is 2.68. The van der Waals surface area contributed by atoms with E-state index in [2.05, 4.69) is 94.3 Å². The van der Waals surface area contributed by atoms with Crippen LogP contribution < -0.4 is 0 Å². The third-order valence-corrected chi connectivity index (χ3v) is 13.6. The van der Waals surface area contributed by atoms with Gasteiger partial charge in [0.15, 0.2) is 0 Å². The first-order valence-electron chi connectivity index (χ1n) is 17.6. The van der Waals surface area contributed by atoms with Gasteiger partial charge in [0.25, 0.3) is 0 Å². The second kappa shape index (κ2) is 10.8. The summed E-state index contributed by atoms with van der Waals surface area (Å²) in [4.78, 5) is 13.7. The predicted molar refractivity (Wildman–Crippen MR) is 177 cm³/mol. The van der Waals surface area contributed by atoms with Gasteiger partial charge in [0.1, 0.15) is 17.2 Å². The highest BCUT2D eigenvalue weighted by molar-refractivity contribution is 6.17. The van der Waals surface area contributed by atoms with Gasteiger partial charge in [0.05, 0.1) is 5.69 Å². The summed E-state index contributed by atoms with van der Waals surface area (Å²) < 4.78 is 0. The van der Waals surface area contributed by atoms with E-state index < -0.39 is 0 Å². The minimum atomic E-state index is -0.222. The Kier molecular flexibility index (Phi) is 7.34. The first-order chi connectivity index (χ1) is 20.3. The normalized spacial score (nSPS) is 42.0. The molecule has 0 aromatic heterocycles. The minimum absolute atomic E-state index is 0.222. The van der Waals surface area contributed by atoms with Crippen molar-refractivity contribution in [2.24, 2.45) is 62.2 Å². The molecular formula is C39H55N3. The number of benzene rings is 1. The lowest BCUT2D eigenvalue weighted by Gasteiger charge is -2.64. The molecule has 4 unspecified atom stereocenters. The van der Waals surface area contributed by atoms with E-state index in [9.17, 15) is 0 Å². The fraction of sp³-hybridized carbons (Fsp3) is 0.692. The maximum atomic E-state index is 5.82. The summed E-state index contributed by atoms with van der Waals surface area (Å²) in [6.07, 6.45) is 25.3. The smallest absolute Gasteiger partial charge is 0.143 e. The van der Waals surface area contributed by atoms with E-state index in [0.29, 0.717) is 16.7 Å². The lowest BCUT2D eigenvalue weighted by Crippen LogP contribution is -2.64. The lowest BCUT2D eigenvalue weighted by molar-refractivity contribution is -0.131. The van der Waals surface area contributed by atoms with Gasteiger partial charge >= 0.3 is 0 Å². The number of allylic oxidation sites excluding steroid dienone is 2. The molecular weight excluding hydrogens is 510 g/mol. The zero-order valence-electron chi connectivity index (χ0n) is 27.1. The zero-order valence-corrected chi connectivity index (χ0v) is 27.1. The molecule has 226 valence electrons. The lowest BCUT2D eigenvalue weighted by atomic mass is 9.41. The monoisotopic (exact) mass is 565 g/mol. The molecule has 2 aliphatic heterocycles. The summed E-state index contributed by atoms with van der Waals surface area (Å²) in [6, 6.07) is 10.7. The number of hydrogen-bond donors (Lipinski definition) is 0. The van der Waals surface area contributed by atoms with E-state index in [1.807, 2.05) is 0 Å². The zero-order chi connectivity index (χ0) is 29.1. The van der Waals surface area contributed by atoms with Crippen molar-refractivity contribution in [2.75, 3.05) is 0 Å². The van der Waals surface area contributed by atoms with Crippen LogP contribution in [0, 0.1) is 52.3 Å². The van der Waals surface area contributed by atoms with Crippen molar-refractivity contribution in [2.45, 2.75) is 117 Å². The number of hydrogen-bond acceptors (Lipinski definition) is 2. The van der Waals surface area contributed by atoms with Crippen molar-refractivity contribution in [1.82, 2.24) is 4.90 Å². The Labute approximate surface area is 256 Å². The quantitative estimate of drug-likeness (QED) is 0.337. The van der Waals surface area contributed by atoms with Gasteiger partial charge in [-0.25, -0.2) is 4.99 Å². The van der Waals surface area contributed by atoms with Gasteiger partial charge in [0.2, 0.25) is 0 Å². The Morgan fingerprint density at radius 3 is 2.52 bits per heavy atom. The van der Waals surface area contributed by atoms with Crippen LogP contribution in [0.5, 0.6) is 0 Å². The largest absolute Gasteiger partial charge is 0.288 e. The van der Waals surface area contributed by atoms with Crippen molar-refractivity contribution >= 4 is 17.4 Å². The molecule has 0 amide bonds. The minimum Gasteiger partial charge on any atom is -0.288 e. The van der Waals surface area contributed by atoms with E-state index in [1.165, 1.54) is 82.9 Å². The van der Waals surface area contributed by atoms with Crippen LogP contribution in [0.1, 0.15) is 112 Å². The number of rotatable bonds is 6. The summed E-state index contributed by atoms with van der Waals surface area (Å²) in [7, 11) is 0. The Bertz CT molecular complexity index is 1270. The molecule has 1 spiro atoms. The number of para-hydroxylation sites is 1. The van der Waals surface area contributed by atoms with Gasteiger partial charge in [-0.05, 0) is 121 Å². The van der Waals surface area contributed by atoms with Crippen LogP contribution in [0.2, 0.25) is 0 Å². The first kappa shape index (κ1) is 28.6. The van der Waals surface area contributed by atoms with Crippen LogP contribution >= 0.6 is 0 Å². The number of nitrogens with zero attached hydrogens (tertiary/aromatic N) is 3. The SMILES string of the molecule is CC(C)CCC[C@@H](C)[C@@H]1CCC2C3C[C@@]4(N=C5C=CC=CN5C4=Nc4ccccc4)C4CCCC[C@]4(C)C3CC[C@@]21C. The molecule has 42 heavy (non-hydrogen) atoms. The third kappa shape index (κ3) is 4.42. The Morgan fingerprint density at radius 2 is 1.71 bits per heavy atom. The van der Waals surface area contributed by atoms with Crippen molar-refractivity contribution < 1.29 is 0 Å². The fourth-order valence-corrected chi connectivity index (χ4v) is 11.8. The van der Waals surface area contributed by atoms with Crippen LogP contribution in [0.4, 0.5) is 5.69 Å². The summed E-state index contributed by atoms with van der Waals surface area (Å²) in [5.74, 6) is 7.85. The molecule has 2 heterocycles. The van der Waals surface area contributed by atoms with Gasteiger partial charge in [-0.15, -0.1) is 0 Å². The van der Waals surface area contributed by atoms with E-state index in [4.69, 9.17) is 9.98 Å². The molecule has 4 saturated carbocycles. The van der Waals surface area contributed by atoms with Crippen molar-refractivity contribution in [1.29, 1.82) is 0 Å². The Hall–Kier alpha value is -2.16. The van der Waals surface area contributed by atoms with Crippen LogP contribution in [-0.4, -0.2) is 22.1 Å². The molecule has 3 nitrogen and oxygen atoms in total. The number of fused-ring (bicyclic) bond motifs is 7. The molecule has 4 aliphatic carbocycles. The van der Waals surface area contributed by atoms with E-state index in [-0.39, 0.29) is 5.54 Å². The molecule has 3 heteroatoms. The average molecular weight is 566 g/mol. The van der Waals surface area contributed by atoms with Gasteiger partial charge in [-0.3, -0.25) is 9.89 Å². The van der Waals surface area contributed by atoms with Crippen LogP contribution in [0.3, 0.4) is 0 Å². The van der Waals surface area contributed by atoms with Gasteiger partial charge < -0.3 is 0 Å². The molecule has 4 fully saturated rings. The number of amidine groups is 2. The summed E-state index contributed by atoms with van der Waals surface area (Å²) in [5.41, 5.74) is 1.66. The van der Waals surface area contributed by atoms with E-state index in [0.717, 1.165) is 47.0 Å². The molecule has 1 aromatic carbocycles. The van der Waals surface area contributed by atoms with Crippen molar-refractivity contribution in [3.8, 4) is 0 Å². The van der Waals surface area contributed by atoms with Gasteiger partial charge in [-0.1, -0.05) is 91.0 Å². The first-order valence-corrected chi connectivity index (χ1v) is 17.6. The summed E-state index contributed by atoms with van der Waals surface area (Å²) in [5, 5.41) is 0. The molecule has 7 rings (SSSR count). The molecule has 0 bridgehead atoms. The maximum Gasteiger partial charge on any atom is 0.143 e. The van der Waals surface area contributed by atoms with Gasteiger partial charge in [0, 0.05) is 6.20 Å². The standard InChI is InChI=1S/C39H55N3/c1-27(2)14-13-15-28(3)31-20-21-32-30-26-39(34-18-9-11-23-38(34,5)33(30)22-24-37(31,32)4)36(40-29-16-7-6-8-17-29)42-25-12-10-19-35(42)41-39/h6-8,10,12,16-17,19,25,27-28,30-34H,9,11,13-15,18,20-24,26H2,1-5H3/t28-,30?,31+,32?,33?,34?,37-,38-,39-/m1/s1. The third-order valence-electron chi connectivity index (χ3n) is 13.6. The summed E-state index contributed by atoms with van der Waals surface area (Å²) >= 11 is 0. The van der Waals surface area contributed by atoms with Crippen LogP contribution in [0.15, 0.2) is 64.7 Å². The molecule has 0 radical (unpaired) electrons. The van der Waals surface area contributed by atoms with Crippen molar-refractivity contribution in [3.05, 3.63) is 54.8 Å². The van der Waals surface area contributed by atoms with Crippen LogP contribution in [0.25, 0.3) is 0 Å². The maximum absolute atomic E-state index is 5.82. The van der Waals surface area contributed by atoms with Gasteiger partial charge in [-0.2, -0.15) is 0 Å². The predicted octanol–water partition coefficient (Wildman–Crippen LogP) is 10.4. The van der Waals surface area contributed by atoms with Crippen molar-refractivity contribution in [3.63, 3.8) is 0 Å². The van der Waals surface area contributed by atoms with E-state index in [1.54, 1.807) is 0 Å². The fourth-order valence-electron chi connectivity index (χ4n) is 11.8. The number of aliphatic imine (C=N–C) groups is 2. The van der Waals surface area contributed by atoms with Crippen LogP contribution in [-0.2, 0) is 0 Å². The Morgan fingerprint density at radius 1 is 0.905 bits per heavy atom. The molecule has 0 saturated heterocycles. The molecule has 1 aromatic rings. The highest BCUT2D eigenvalue weighted by Crippen LogP contribution is 2.71. The summed E-state index contributed by atoms with van der Waals surface area (Å²) in [6.45, 7) is 12.8. The molecule has 9 atom stereocenters.